The first-order chi connectivity index (χ1) is 7.69. The summed E-state index contributed by atoms with van der Waals surface area (Å²) in [7, 11) is 1.92. The predicted octanol–water partition coefficient (Wildman–Crippen LogP) is 1.47. The molecule has 3 nitrogen and oxygen atoms in total. The van der Waals surface area contributed by atoms with Gasteiger partial charge in [0.25, 0.3) is 0 Å². The van der Waals surface area contributed by atoms with E-state index in [0.29, 0.717) is 5.41 Å². The van der Waals surface area contributed by atoms with E-state index in [9.17, 15) is 0 Å². The highest BCUT2D eigenvalue weighted by molar-refractivity contribution is 4.85. The molecule has 0 saturated carbocycles. The largest absolute Gasteiger partial charge is 0.395 e. The zero-order valence-electron chi connectivity index (χ0n) is 11.1. The number of hydrogen-bond donors (Lipinski definition) is 2. The molecule has 1 atom stereocenters. The molecule has 1 unspecified atom stereocenters. The molecule has 0 amide bonds. The van der Waals surface area contributed by atoms with Crippen molar-refractivity contribution in [1.82, 2.24) is 10.2 Å². The number of likely N-dealkylation sites (N-methyl/N-ethyl adjacent to an activating group) is 1. The Labute approximate surface area is 100 Å². The molecule has 0 bridgehead atoms. The van der Waals surface area contributed by atoms with E-state index in [4.69, 9.17) is 5.11 Å². The monoisotopic (exact) mass is 228 g/mol. The number of likely N-dealkylation sites (tertiary alicyclic amines) is 1. The Kier molecular flexibility index (Phi) is 5.73. The third kappa shape index (κ3) is 3.44. The minimum atomic E-state index is 0.232. The standard InChI is InChI=1S/C13H28N2O/c1-4-13(5-2)6-8-15(9-7-13)10-12(11-16)14-3/h12,14,16H,4-11H2,1-3H3. The molecule has 96 valence electrons. The van der Waals surface area contributed by atoms with Gasteiger partial charge in [0.15, 0.2) is 0 Å². The summed E-state index contributed by atoms with van der Waals surface area (Å²) < 4.78 is 0. The molecule has 16 heavy (non-hydrogen) atoms. The van der Waals surface area contributed by atoms with Crippen LogP contribution in [-0.4, -0.2) is 49.3 Å². The fourth-order valence-electron chi connectivity index (χ4n) is 2.72. The molecule has 1 fully saturated rings. The van der Waals surface area contributed by atoms with Crippen molar-refractivity contribution in [3.8, 4) is 0 Å². The van der Waals surface area contributed by atoms with Crippen molar-refractivity contribution in [2.24, 2.45) is 5.41 Å². The maximum Gasteiger partial charge on any atom is 0.0597 e. The number of nitrogens with one attached hydrogen (secondary N) is 1. The molecule has 0 radical (unpaired) electrons. The van der Waals surface area contributed by atoms with E-state index >= 15 is 0 Å². The zero-order valence-corrected chi connectivity index (χ0v) is 11.1. The van der Waals surface area contributed by atoms with E-state index in [0.717, 1.165) is 6.54 Å². The number of nitrogens with zero attached hydrogens (tertiary/aromatic N) is 1. The van der Waals surface area contributed by atoms with Crippen LogP contribution in [0.2, 0.25) is 0 Å². The highest BCUT2D eigenvalue weighted by Gasteiger charge is 2.31. The summed E-state index contributed by atoms with van der Waals surface area (Å²) in [6.07, 6.45) is 5.27. The van der Waals surface area contributed by atoms with Gasteiger partial charge in [-0.1, -0.05) is 26.7 Å². The average molecular weight is 228 g/mol. The number of rotatable bonds is 6. The summed E-state index contributed by atoms with van der Waals surface area (Å²) in [5.74, 6) is 0. The molecule has 0 spiro atoms. The van der Waals surface area contributed by atoms with Gasteiger partial charge in [-0.2, -0.15) is 0 Å². The minimum absolute atomic E-state index is 0.232. The third-order valence-electron chi connectivity index (χ3n) is 4.52. The summed E-state index contributed by atoms with van der Waals surface area (Å²) in [4.78, 5) is 2.49. The molecule has 1 rings (SSSR count). The van der Waals surface area contributed by atoms with Crippen molar-refractivity contribution in [3.63, 3.8) is 0 Å². The van der Waals surface area contributed by atoms with Crippen LogP contribution in [-0.2, 0) is 0 Å². The average Bonchev–Trinajstić information content (AvgIpc) is 2.37. The van der Waals surface area contributed by atoms with Gasteiger partial charge >= 0.3 is 0 Å². The summed E-state index contributed by atoms with van der Waals surface area (Å²) in [5, 5.41) is 12.3. The Bertz CT molecular complexity index is 178. The Hall–Kier alpha value is -0.120. The highest BCUT2D eigenvalue weighted by atomic mass is 16.3. The first-order valence-corrected chi connectivity index (χ1v) is 6.70. The lowest BCUT2D eigenvalue weighted by atomic mass is 9.74. The number of aliphatic hydroxyl groups is 1. The first kappa shape index (κ1) is 13.9. The number of aliphatic hydroxyl groups excluding tert-OH is 1. The van der Waals surface area contributed by atoms with Crippen molar-refractivity contribution < 1.29 is 5.11 Å². The highest BCUT2D eigenvalue weighted by Crippen LogP contribution is 2.37. The summed E-state index contributed by atoms with van der Waals surface area (Å²) in [5.41, 5.74) is 0.602. The van der Waals surface area contributed by atoms with Crippen LogP contribution in [0.1, 0.15) is 39.5 Å². The molecule has 1 saturated heterocycles. The van der Waals surface area contributed by atoms with E-state index in [-0.39, 0.29) is 12.6 Å². The van der Waals surface area contributed by atoms with Gasteiger partial charge in [0.2, 0.25) is 0 Å². The van der Waals surface area contributed by atoms with E-state index in [2.05, 4.69) is 24.1 Å². The summed E-state index contributed by atoms with van der Waals surface area (Å²) >= 11 is 0. The van der Waals surface area contributed by atoms with Crippen LogP contribution in [0.4, 0.5) is 0 Å². The Balaban J connectivity index is 2.36. The van der Waals surface area contributed by atoms with Gasteiger partial charge in [0.05, 0.1) is 6.61 Å². The van der Waals surface area contributed by atoms with Gasteiger partial charge in [-0.3, -0.25) is 0 Å². The maximum atomic E-state index is 9.16. The SMILES string of the molecule is CCC1(CC)CCN(CC(CO)NC)CC1. The Morgan fingerprint density at radius 3 is 2.19 bits per heavy atom. The Morgan fingerprint density at radius 1 is 1.25 bits per heavy atom. The maximum absolute atomic E-state index is 9.16. The summed E-state index contributed by atoms with van der Waals surface area (Å²) in [6.45, 7) is 8.25. The smallest absolute Gasteiger partial charge is 0.0597 e. The van der Waals surface area contributed by atoms with Gasteiger partial charge < -0.3 is 15.3 Å². The topological polar surface area (TPSA) is 35.5 Å². The fraction of sp³-hybridized carbons (Fsp3) is 1.00. The molecule has 0 aliphatic carbocycles. The van der Waals surface area contributed by atoms with Crippen molar-refractivity contribution >= 4 is 0 Å². The van der Waals surface area contributed by atoms with Gasteiger partial charge in [-0.15, -0.1) is 0 Å². The second-order valence-electron chi connectivity index (χ2n) is 5.18. The zero-order chi connectivity index (χ0) is 12.0. The third-order valence-corrected chi connectivity index (χ3v) is 4.52. The molecule has 0 aromatic rings. The van der Waals surface area contributed by atoms with Gasteiger partial charge in [0.1, 0.15) is 0 Å². The van der Waals surface area contributed by atoms with Crippen LogP contribution >= 0.6 is 0 Å². The molecule has 0 aromatic heterocycles. The van der Waals surface area contributed by atoms with E-state index in [1.807, 2.05) is 7.05 Å². The van der Waals surface area contributed by atoms with E-state index < -0.39 is 0 Å². The normalized spacial score (nSPS) is 23.2. The van der Waals surface area contributed by atoms with Crippen LogP contribution in [0.15, 0.2) is 0 Å². The molecule has 1 aliphatic rings. The second-order valence-corrected chi connectivity index (χ2v) is 5.18. The number of piperidine rings is 1. The summed E-state index contributed by atoms with van der Waals surface area (Å²) in [6, 6.07) is 0.232. The Morgan fingerprint density at radius 2 is 1.81 bits per heavy atom. The van der Waals surface area contributed by atoms with Crippen molar-refractivity contribution in [1.29, 1.82) is 0 Å². The molecular weight excluding hydrogens is 200 g/mol. The molecular formula is C13H28N2O. The van der Waals surface area contributed by atoms with Crippen molar-refractivity contribution in [3.05, 3.63) is 0 Å². The van der Waals surface area contributed by atoms with E-state index in [1.165, 1.54) is 38.8 Å². The lowest BCUT2D eigenvalue weighted by Crippen LogP contribution is -2.47. The van der Waals surface area contributed by atoms with Gasteiger partial charge in [-0.05, 0) is 38.4 Å². The fourth-order valence-corrected chi connectivity index (χ4v) is 2.72. The molecule has 0 aromatic carbocycles. The first-order valence-electron chi connectivity index (χ1n) is 6.70. The molecule has 2 N–H and O–H groups in total. The lowest BCUT2D eigenvalue weighted by molar-refractivity contribution is 0.0818. The van der Waals surface area contributed by atoms with Gasteiger partial charge in [-0.25, -0.2) is 0 Å². The quantitative estimate of drug-likeness (QED) is 0.722. The van der Waals surface area contributed by atoms with Gasteiger partial charge in [0, 0.05) is 12.6 Å². The number of hydrogen-bond acceptors (Lipinski definition) is 3. The predicted molar refractivity (Wildman–Crippen MR) is 68.6 cm³/mol. The van der Waals surface area contributed by atoms with Crippen LogP contribution < -0.4 is 5.32 Å². The minimum Gasteiger partial charge on any atom is -0.395 e. The molecule has 1 aliphatic heterocycles. The second kappa shape index (κ2) is 6.58. The van der Waals surface area contributed by atoms with Crippen LogP contribution in [0, 0.1) is 5.41 Å². The van der Waals surface area contributed by atoms with Crippen LogP contribution in [0.5, 0.6) is 0 Å². The van der Waals surface area contributed by atoms with Crippen LogP contribution in [0.3, 0.4) is 0 Å². The molecule has 1 heterocycles. The lowest BCUT2D eigenvalue weighted by Gasteiger charge is -2.41. The molecule has 3 heteroatoms. The van der Waals surface area contributed by atoms with Crippen molar-refractivity contribution in [2.45, 2.75) is 45.6 Å². The van der Waals surface area contributed by atoms with E-state index in [1.54, 1.807) is 0 Å². The van der Waals surface area contributed by atoms with Crippen molar-refractivity contribution in [2.75, 3.05) is 33.3 Å². The van der Waals surface area contributed by atoms with Crippen LogP contribution in [0.25, 0.3) is 0 Å².